The quantitative estimate of drug-likeness (QED) is 0.768. The average Bonchev–Trinajstić information content (AvgIpc) is 2.44. The van der Waals surface area contributed by atoms with Crippen molar-refractivity contribution in [2.24, 2.45) is 0 Å². The van der Waals surface area contributed by atoms with Gasteiger partial charge in [0.2, 0.25) is 0 Å². The molecule has 0 aliphatic carbocycles. The van der Waals surface area contributed by atoms with E-state index in [-0.39, 0.29) is 6.54 Å². The number of alkyl halides is 3. The van der Waals surface area contributed by atoms with E-state index in [4.69, 9.17) is 4.42 Å². The van der Waals surface area contributed by atoms with Crippen LogP contribution < -0.4 is 5.32 Å². The van der Waals surface area contributed by atoms with Gasteiger partial charge in [-0.25, -0.2) is 0 Å². The summed E-state index contributed by atoms with van der Waals surface area (Å²) in [6, 6.07) is 3.52. The Balaban J connectivity index is 2.16. The maximum Gasteiger partial charge on any atom is 0.390 e. The maximum absolute atomic E-state index is 11.7. The molecule has 0 spiro atoms. The van der Waals surface area contributed by atoms with E-state index < -0.39 is 12.6 Å². The first-order valence-electron chi connectivity index (χ1n) is 4.30. The van der Waals surface area contributed by atoms with Crippen LogP contribution in [0.15, 0.2) is 16.5 Å². The van der Waals surface area contributed by atoms with Crippen LogP contribution in [0.1, 0.15) is 17.9 Å². The van der Waals surface area contributed by atoms with Crippen molar-refractivity contribution < 1.29 is 17.6 Å². The fraction of sp³-hybridized carbons (Fsp3) is 0.556. The van der Waals surface area contributed by atoms with Gasteiger partial charge in [0.15, 0.2) is 0 Å². The predicted molar refractivity (Wildman–Crippen MR) is 45.8 cm³/mol. The molecule has 0 aliphatic heterocycles. The van der Waals surface area contributed by atoms with E-state index in [1.165, 1.54) is 0 Å². The molecular weight excluding hydrogens is 195 g/mol. The second kappa shape index (κ2) is 4.50. The Bertz CT molecular complexity index is 280. The zero-order valence-corrected chi connectivity index (χ0v) is 7.82. The first-order valence-corrected chi connectivity index (χ1v) is 4.30. The Labute approximate surface area is 80.1 Å². The van der Waals surface area contributed by atoms with Gasteiger partial charge >= 0.3 is 6.18 Å². The summed E-state index contributed by atoms with van der Waals surface area (Å²) in [6.45, 7) is 2.05. The highest BCUT2D eigenvalue weighted by Crippen LogP contribution is 2.18. The monoisotopic (exact) mass is 207 g/mol. The van der Waals surface area contributed by atoms with Crippen molar-refractivity contribution in [3.8, 4) is 0 Å². The Hall–Kier alpha value is -0.970. The van der Waals surface area contributed by atoms with E-state index in [0.717, 1.165) is 5.76 Å². The summed E-state index contributed by atoms with van der Waals surface area (Å²) in [5.74, 6) is 1.42. The Kier molecular flexibility index (Phi) is 3.57. The molecule has 0 bridgehead atoms. The van der Waals surface area contributed by atoms with Gasteiger partial charge in [-0.2, -0.15) is 13.2 Å². The van der Waals surface area contributed by atoms with Crippen LogP contribution in [0.4, 0.5) is 13.2 Å². The molecule has 1 heterocycles. The largest absolute Gasteiger partial charge is 0.465 e. The molecule has 0 aliphatic rings. The predicted octanol–water partition coefficient (Wildman–Crippen LogP) is 2.63. The molecule has 0 saturated carbocycles. The standard InChI is InChI=1S/C9H12F3NO/c1-7-2-3-8(14-7)6-13-5-4-9(10,11)12/h2-3,13H,4-6H2,1H3. The molecule has 80 valence electrons. The molecule has 0 saturated heterocycles. The number of halogens is 3. The molecule has 1 aromatic rings. The summed E-state index contributed by atoms with van der Waals surface area (Å²) in [5, 5.41) is 2.66. The molecular formula is C9H12F3NO. The van der Waals surface area contributed by atoms with Crippen molar-refractivity contribution in [2.45, 2.75) is 26.1 Å². The molecule has 2 nitrogen and oxygen atoms in total. The van der Waals surface area contributed by atoms with E-state index >= 15 is 0 Å². The van der Waals surface area contributed by atoms with Gasteiger partial charge in [-0.05, 0) is 19.1 Å². The van der Waals surface area contributed by atoms with Gasteiger partial charge in [-0.15, -0.1) is 0 Å². The van der Waals surface area contributed by atoms with Gasteiger partial charge in [-0.3, -0.25) is 0 Å². The minimum atomic E-state index is -4.09. The zero-order valence-electron chi connectivity index (χ0n) is 7.82. The molecule has 0 amide bonds. The summed E-state index contributed by atoms with van der Waals surface area (Å²) < 4.78 is 40.3. The summed E-state index contributed by atoms with van der Waals surface area (Å²) in [4.78, 5) is 0. The molecule has 14 heavy (non-hydrogen) atoms. The Morgan fingerprint density at radius 2 is 2.07 bits per heavy atom. The van der Waals surface area contributed by atoms with E-state index in [2.05, 4.69) is 5.32 Å². The zero-order chi connectivity index (χ0) is 10.6. The lowest BCUT2D eigenvalue weighted by Gasteiger charge is -2.06. The van der Waals surface area contributed by atoms with Crippen LogP contribution in [0.2, 0.25) is 0 Å². The second-order valence-electron chi connectivity index (χ2n) is 3.05. The number of aryl methyl sites for hydroxylation is 1. The van der Waals surface area contributed by atoms with E-state index in [9.17, 15) is 13.2 Å². The highest BCUT2D eigenvalue weighted by molar-refractivity contribution is 5.04. The normalized spacial score (nSPS) is 12.0. The van der Waals surface area contributed by atoms with Crippen LogP contribution in [-0.2, 0) is 6.54 Å². The van der Waals surface area contributed by atoms with E-state index in [1.54, 1.807) is 19.1 Å². The molecule has 0 atom stereocenters. The summed E-state index contributed by atoms with van der Waals surface area (Å²) >= 11 is 0. The molecule has 0 aromatic carbocycles. The molecule has 0 fully saturated rings. The molecule has 1 N–H and O–H groups in total. The lowest BCUT2D eigenvalue weighted by Crippen LogP contribution is -2.21. The minimum Gasteiger partial charge on any atom is -0.465 e. The third kappa shape index (κ3) is 4.32. The van der Waals surface area contributed by atoms with Crippen LogP contribution in [0, 0.1) is 6.92 Å². The van der Waals surface area contributed by atoms with Gasteiger partial charge in [0.1, 0.15) is 11.5 Å². The summed E-state index contributed by atoms with van der Waals surface area (Å²) in [5.41, 5.74) is 0. The average molecular weight is 207 g/mol. The Morgan fingerprint density at radius 1 is 1.36 bits per heavy atom. The van der Waals surface area contributed by atoms with E-state index in [1.807, 2.05) is 0 Å². The highest BCUT2D eigenvalue weighted by Gasteiger charge is 2.25. The van der Waals surface area contributed by atoms with Crippen LogP contribution in [0.5, 0.6) is 0 Å². The fourth-order valence-electron chi connectivity index (χ4n) is 1.02. The van der Waals surface area contributed by atoms with Crippen molar-refractivity contribution in [3.63, 3.8) is 0 Å². The molecule has 1 aromatic heterocycles. The third-order valence-corrected chi connectivity index (χ3v) is 1.68. The summed E-state index contributed by atoms with van der Waals surface area (Å²) in [7, 11) is 0. The highest BCUT2D eigenvalue weighted by atomic mass is 19.4. The van der Waals surface area contributed by atoms with Gasteiger partial charge in [0, 0.05) is 6.54 Å². The van der Waals surface area contributed by atoms with Crippen molar-refractivity contribution >= 4 is 0 Å². The van der Waals surface area contributed by atoms with Gasteiger partial charge in [-0.1, -0.05) is 0 Å². The topological polar surface area (TPSA) is 25.2 Å². The smallest absolute Gasteiger partial charge is 0.390 e. The molecule has 0 radical (unpaired) electrons. The van der Waals surface area contributed by atoms with Crippen molar-refractivity contribution in [1.82, 2.24) is 5.32 Å². The Morgan fingerprint density at radius 3 is 2.57 bits per heavy atom. The van der Waals surface area contributed by atoms with Gasteiger partial charge < -0.3 is 9.73 Å². The maximum atomic E-state index is 11.7. The number of rotatable bonds is 4. The molecule has 5 heteroatoms. The first-order chi connectivity index (χ1) is 6.47. The van der Waals surface area contributed by atoms with Crippen LogP contribution in [0.25, 0.3) is 0 Å². The number of hydrogen-bond acceptors (Lipinski definition) is 2. The van der Waals surface area contributed by atoms with Crippen LogP contribution in [-0.4, -0.2) is 12.7 Å². The van der Waals surface area contributed by atoms with Gasteiger partial charge in [0.25, 0.3) is 0 Å². The summed E-state index contributed by atoms with van der Waals surface area (Å²) in [6.07, 6.45) is -4.90. The van der Waals surface area contributed by atoms with Crippen molar-refractivity contribution in [1.29, 1.82) is 0 Å². The van der Waals surface area contributed by atoms with Gasteiger partial charge in [0.05, 0.1) is 13.0 Å². The van der Waals surface area contributed by atoms with Crippen LogP contribution in [0.3, 0.4) is 0 Å². The first kappa shape index (κ1) is 11.1. The number of hydrogen-bond donors (Lipinski definition) is 1. The minimum absolute atomic E-state index is 0.0801. The number of nitrogens with one attached hydrogen (secondary N) is 1. The molecule has 1 rings (SSSR count). The van der Waals surface area contributed by atoms with E-state index in [0.29, 0.717) is 12.3 Å². The third-order valence-electron chi connectivity index (χ3n) is 1.68. The second-order valence-corrected chi connectivity index (χ2v) is 3.05. The molecule has 0 unspecified atom stereocenters. The van der Waals surface area contributed by atoms with Crippen molar-refractivity contribution in [2.75, 3.05) is 6.54 Å². The number of furan rings is 1. The van der Waals surface area contributed by atoms with Crippen LogP contribution >= 0.6 is 0 Å². The van der Waals surface area contributed by atoms with Crippen molar-refractivity contribution in [3.05, 3.63) is 23.7 Å². The SMILES string of the molecule is Cc1ccc(CNCCC(F)(F)F)o1. The lowest BCUT2D eigenvalue weighted by molar-refractivity contribution is -0.133. The lowest BCUT2D eigenvalue weighted by atomic mass is 10.4. The fourth-order valence-corrected chi connectivity index (χ4v) is 1.02.